The first-order valence-corrected chi connectivity index (χ1v) is 10.1. The summed E-state index contributed by atoms with van der Waals surface area (Å²) in [6, 6.07) is 12.3. The van der Waals surface area contributed by atoms with Gasteiger partial charge in [0, 0.05) is 12.8 Å². The number of anilines is 2. The van der Waals surface area contributed by atoms with Crippen LogP contribution in [0, 0.1) is 0 Å². The maximum absolute atomic E-state index is 12.1. The molecular formula is C21H23Cl2NO7. The van der Waals surface area contributed by atoms with Gasteiger partial charge in [-0.2, -0.15) is 0 Å². The molecule has 2 aromatic carbocycles. The Bertz CT molecular complexity index is 843. The molecule has 168 valence electrons. The summed E-state index contributed by atoms with van der Waals surface area (Å²) >= 11 is 12.4. The third-order valence-corrected chi connectivity index (χ3v) is 4.48. The summed E-state index contributed by atoms with van der Waals surface area (Å²) in [7, 11) is 1.56. The van der Waals surface area contributed by atoms with E-state index in [-0.39, 0.29) is 19.6 Å². The molecule has 0 aromatic heterocycles. The van der Waals surface area contributed by atoms with E-state index in [0.717, 1.165) is 0 Å². The monoisotopic (exact) mass is 471 g/mol. The van der Waals surface area contributed by atoms with E-state index in [2.05, 4.69) is 5.32 Å². The molecule has 0 spiro atoms. The second kappa shape index (κ2) is 13.7. The van der Waals surface area contributed by atoms with Gasteiger partial charge in [-0.3, -0.25) is 4.79 Å². The van der Waals surface area contributed by atoms with Crippen molar-refractivity contribution in [2.24, 2.45) is 0 Å². The number of carbonyl (C=O) groups excluding carboxylic acids is 2. The summed E-state index contributed by atoms with van der Waals surface area (Å²) in [4.78, 5) is 23.6. The minimum absolute atomic E-state index is 0.0140. The number of methoxy groups -OCH3 is 1. The minimum Gasteiger partial charge on any atom is -0.432 e. The second-order valence-corrected chi connectivity index (χ2v) is 6.85. The number of nitrogens with one attached hydrogen (secondary N) is 1. The first-order chi connectivity index (χ1) is 15.0. The van der Waals surface area contributed by atoms with E-state index in [1.54, 1.807) is 49.6 Å². The van der Waals surface area contributed by atoms with Gasteiger partial charge in [-0.1, -0.05) is 47.5 Å². The summed E-state index contributed by atoms with van der Waals surface area (Å²) < 4.78 is 24.4. The lowest BCUT2D eigenvalue weighted by Crippen LogP contribution is -2.17. The highest BCUT2D eigenvalue weighted by Crippen LogP contribution is 2.33. The standard InChI is InChI=1S/C21H23Cl2NO7/c1-27-9-10-28-11-12-29-21(26)31-14-30-19(25)13-15-5-2-3-8-18(15)24-20-16(22)6-4-7-17(20)23/h2-8,24H,9-14H2,1H3. The van der Waals surface area contributed by atoms with Gasteiger partial charge in [-0.25, -0.2) is 4.79 Å². The molecule has 0 fully saturated rings. The molecule has 0 aliphatic heterocycles. The number of ether oxygens (including phenoxy) is 5. The van der Waals surface area contributed by atoms with Gasteiger partial charge in [0.05, 0.1) is 42.0 Å². The van der Waals surface area contributed by atoms with E-state index in [1.165, 1.54) is 0 Å². The Morgan fingerprint density at radius 1 is 0.871 bits per heavy atom. The maximum Gasteiger partial charge on any atom is 0.511 e. The van der Waals surface area contributed by atoms with E-state index in [1.807, 2.05) is 0 Å². The van der Waals surface area contributed by atoms with Gasteiger partial charge >= 0.3 is 12.1 Å². The molecule has 0 aliphatic rings. The molecular weight excluding hydrogens is 449 g/mol. The molecule has 0 aliphatic carbocycles. The van der Waals surface area contributed by atoms with Gasteiger partial charge in [0.25, 0.3) is 0 Å². The van der Waals surface area contributed by atoms with Crippen molar-refractivity contribution in [3.05, 3.63) is 58.1 Å². The fourth-order valence-corrected chi connectivity index (χ4v) is 2.86. The number of benzene rings is 2. The predicted octanol–water partition coefficient (Wildman–Crippen LogP) is 4.60. The van der Waals surface area contributed by atoms with Crippen LogP contribution in [0.1, 0.15) is 5.56 Å². The third kappa shape index (κ3) is 9.02. The lowest BCUT2D eigenvalue weighted by Gasteiger charge is -2.14. The molecule has 0 bridgehead atoms. The topological polar surface area (TPSA) is 92.3 Å². The van der Waals surface area contributed by atoms with Crippen LogP contribution in [0.4, 0.5) is 16.2 Å². The SMILES string of the molecule is COCCOCCOC(=O)OCOC(=O)Cc1ccccc1Nc1c(Cl)cccc1Cl. The predicted molar refractivity (Wildman–Crippen MR) is 116 cm³/mol. The Hall–Kier alpha value is -2.52. The van der Waals surface area contributed by atoms with Gasteiger partial charge in [0.2, 0.25) is 6.79 Å². The Morgan fingerprint density at radius 3 is 2.32 bits per heavy atom. The number of halogens is 2. The molecule has 0 heterocycles. The van der Waals surface area contributed by atoms with Crippen molar-refractivity contribution in [1.29, 1.82) is 0 Å². The molecule has 0 unspecified atom stereocenters. The molecule has 2 rings (SSSR count). The van der Waals surface area contributed by atoms with E-state index < -0.39 is 18.9 Å². The van der Waals surface area contributed by atoms with Crippen molar-refractivity contribution in [3.8, 4) is 0 Å². The number of para-hydroxylation sites is 2. The van der Waals surface area contributed by atoms with E-state index in [0.29, 0.717) is 40.2 Å². The number of esters is 1. The van der Waals surface area contributed by atoms with Crippen LogP contribution in [0.15, 0.2) is 42.5 Å². The minimum atomic E-state index is -0.960. The first kappa shape index (κ1) is 24.7. The molecule has 8 nitrogen and oxygen atoms in total. The molecule has 0 saturated carbocycles. The molecule has 0 radical (unpaired) electrons. The van der Waals surface area contributed by atoms with Crippen molar-refractivity contribution in [2.45, 2.75) is 6.42 Å². The van der Waals surface area contributed by atoms with Crippen LogP contribution in [0.2, 0.25) is 10.0 Å². The van der Waals surface area contributed by atoms with E-state index in [4.69, 9.17) is 46.9 Å². The van der Waals surface area contributed by atoms with Crippen molar-refractivity contribution in [1.82, 2.24) is 0 Å². The first-order valence-electron chi connectivity index (χ1n) is 9.32. The molecule has 2 aromatic rings. The summed E-state index contributed by atoms with van der Waals surface area (Å²) in [6.45, 7) is 0.502. The summed E-state index contributed by atoms with van der Waals surface area (Å²) in [5, 5.41) is 4.02. The van der Waals surface area contributed by atoms with Gasteiger partial charge in [0.15, 0.2) is 0 Å². The molecule has 0 saturated heterocycles. The molecule has 0 amide bonds. The average molecular weight is 472 g/mol. The van der Waals surface area contributed by atoms with Crippen LogP contribution in [-0.4, -0.2) is 52.5 Å². The highest BCUT2D eigenvalue weighted by atomic mass is 35.5. The lowest BCUT2D eigenvalue weighted by atomic mass is 10.1. The van der Waals surface area contributed by atoms with Crippen LogP contribution < -0.4 is 5.32 Å². The smallest absolute Gasteiger partial charge is 0.432 e. The fourth-order valence-electron chi connectivity index (χ4n) is 2.37. The third-order valence-electron chi connectivity index (χ3n) is 3.85. The van der Waals surface area contributed by atoms with E-state index in [9.17, 15) is 9.59 Å². The van der Waals surface area contributed by atoms with Gasteiger partial charge in [0.1, 0.15) is 6.61 Å². The van der Waals surface area contributed by atoms with Crippen molar-refractivity contribution < 1.29 is 33.3 Å². The zero-order valence-electron chi connectivity index (χ0n) is 16.9. The molecule has 0 atom stereocenters. The van der Waals surface area contributed by atoms with Gasteiger partial charge in [-0.15, -0.1) is 0 Å². The van der Waals surface area contributed by atoms with Crippen molar-refractivity contribution in [2.75, 3.05) is 45.6 Å². The molecule has 1 N–H and O–H groups in total. The van der Waals surface area contributed by atoms with Gasteiger partial charge in [-0.05, 0) is 23.8 Å². The Morgan fingerprint density at radius 2 is 1.58 bits per heavy atom. The van der Waals surface area contributed by atoms with Crippen molar-refractivity contribution >= 4 is 46.7 Å². The van der Waals surface area contributed by atoms with Crippen LogP contribution in [0.5, 0.6) is 0 Å². The number of hydrogen-bond acceptors (Lipinski definition) is 8. The zero-order valence-corrected chi connectivity index (χ0v) is 18.4. The van der Waals surface area contributed by atoms with Gasteiger partial charge < -0.3 is 29.0 Å². The van der Waals surface area contributed by atoms with E-state index >= 15 is 0 Å². The fraction of sp³-hybridized carbons (Fsp3) is 0.333. The summed E-state index contributed by atoms with van der Waals surface area (Å²) in [5.74, 6) is -0.588. The van der Waals surface area contributed by atoms with Crippen LogP contribution in [0.3, 0.4) is 0 Å². The quantitative estimate of drug-likeness (QED) is 0.272. The highest BCUT2D eigenvalue weighted by Gasteiger charge is 2.13. The van der Waals surface area contributed by atoms with Crippen molar-refractivity contribution in [3.63, 3.8) is 0 Å². The number of carbonyl (C=O) groups is 2. The molecule has 31 heavy (non-hydrogen) atoms. The normalized spacial score (nSPS) is 10.4. The number of hydrogen-bond donors (Lipinski definition) is 1. The van der Waals surface area contributed by atoms with Crippen LogP contribution in [-0.2, 0) is 34.9 Å². The second-order valence-electron chi connectivity index (χ2n) is 6.04. The summed E-state index contributed by atoms with van der Waals surface area (Å²) in [6.07, 6.45) is -1.02. The highest BCUT2D eigenvalue weighted by molar-refractivity contribution is 6.39. The average Bonchev–Trinajstić information content (AvgIpc) is 2.74. The Kier molecular flexibility index (Phi) is 10.9. The number of rotatable bonds is 12. The maximum atomic E-state index is 12.1. The van der Waals surface area contributed by atoms with Crippen LogP contribution in [0.25, 0.3) is 0 Å². The molecule has 10 heteroatoms. The lowest BCUT2D eigenvalue weighted by molar-refractivity contribution is -0.152. The summed E-state index contributed by atoms with van der Waals surface area (Å²) in [5.41, 5.74) is 1.83. The zero-order chi connectivity index (χ0) is 22.5. The largest absolute Gasteiger partial charge is 0.511 e. The van der Waals surface area contributed by atoms with Crippen LogP contribution >= 0.6 is 23.2 Å². The Balaban J connectivity index is 1.77. The Labute approximate surface area is 190 Å².